The maximum Gasteiger partial charge on any atom is 0.255 e. The first-order valence-corrected chi connectivity index (χ1v) is 9.48. The zero-order valence-electron chi connectivity index (χ0n) is 15.0. The van der Waals surface area contributed by atoms with Crippen LogP contribution in [0.1, 0.15) is 23.0 Å². The van der Waals surface area contributed by atoms with E-state index in [1.165, 1.54) is 36.3 Å². The lowest BCUT2D eigenvalue weighted by Gasteiger charge is -2.08. The highest BCUT2D eigenvalue weighted by Gasteiger charge is 2.10. The molecule has 6 nitrogen and oxygen atoms in total. The summed E-state index contributed by atoms with van der Waals surface area (Å²) in [7, 11) is 0. The van der Waals surface area contributed by atoms with Gasteiger partial charge in [0.05, 0.1) is 0 Å². The Hall–Kier alpha value is -3.26. The van der Waals surface area contributed by atoms with Crippen LogP contribution in [0.15, 0.2) is 70.8 Å². The van der Waals surface area contributed by atoms with Crippen LogP contribution < -0.4 is 5.32 Å². The van der Waals surface area contributed by atoms with Crippen molar-refractivity contribution in [1.82, 2.24) is 19.6 Å². The number of carbonyl (C=O) groups is 1. The first-order valence-electron chi connectivity index (χ1n) is 8.67. The Morgan fingerprint density at radius 3 is 2.75 bits per heavy atom. The second-order valence-corrected chi connectivity index (χ2v) is 7.10. The Labute approximate surface area is 164 Å². The van der Waals surface area contributed by atoms with E-state index in [1.54, 1.807) is 22.7 Å². The molecule has 2 aromatic carbocycles. The molecule has 2 aromatic heterocycles. The van der Waals surface area contributed by atoms with Crippen LogP contribution in [0.5, 0.6) is 0 Å². The van der Waals surface area contributed by atoms with Crippen molar-refractivity contribution in [2.75, 3.05) is 5.32 Å². The molecular weight excluding hydrogens is 377 g/mol. The van der Waals surface area contributed by atoms with E-state index < -0.39 is 5.82 Å². The van der Waals surface area contributed by atoms with E-state index in [2.05, 4.69) is 20.4 Å². The van der Waals surface area contributed by atoms with Gasteiger partial charge in [0.2, 0.25) is 0 Å². The first kappa shape index (κ1) is 18.1. The Kier molecular flexibility index (Phi) is 5.03. The lowest BCUT2D eigenvalue weighted by molar-refractivity contribution is 0.102. The van der Waals surface area contributed by atoms with Gasteiger partial charge in [-0.2, -0.15) is 14.6 Å². The van der Waals surface area contributed by atoms with Crippen molar-refractivity contribution >= 4 is 29.1 Å². The highest BCUT2D eigenvalue weighted by atomic mass is 32.2. The molecule has 0 spiro atoms. The number of halogens is 1. The number of amides is 1. The third-order valence-electron chi connectivity index (χ3n) is 4.06. The molecule has 4 aromatic rings. The van der Waals surface area contributed by atoms with Crippen LogP contribution in [0, 0.1) is 5.82 Å². The smallest absolute Gasteiger partial charge is 0.255 e. The standard InChI is InChI=1S/C20H16FN5OS/c1-2-15-11-18(26-20(25-15)22-12-23-26)28-17-8-6-16(7-9-17)24-19(27)13-4-3-5-14(21)10-13/h3-12H,2H2,1H3,(H,24,27). The fraction of sp³-hybridized carbons (Fsp3) is 0.100. The number of anilines is 1. The van der Waals surface area contributed by atoms with Gasteiger partial charge in [-0.05, 0) is 55.0 Å². The van der Waals surface area contributed by atoms with Crippen LogP contribution in [-0.4, -0.2) is 25.5 Å². The van der Waals surface area contributed by atoms with Gasteiger partial charge in [-0.1, -0.05) is 24.8 Å². The first-order chi connectivity index (χ1) is 13.6. The molecule has 140 valence electrons. The molecule has 4 rings (SSSR count). The summed E-state index contributed by atoms with van der Waals surface area (Å²) < 4.78 is 15.0. The number of fused-ring (bicyclic) bond motifs is 1. The number of rotatable bonds is 5. The normalized spacial score (nSPS) is 10.9. The summed E-state index contributed by atoms with van der Waals surface area (Å²) in [6.45, 7) is 2.04. The highest BCUT2D eigenvalue weighted by molar-refractivity contribution is 7.99. The van der Waals surface area contributed by atoms with Gasteiger partial charge in [-0.3, -0.25) is 4.79 Å². The summed E-state index contributed by atoms with van der Waals surface area (Å²) in [4.78, 5) is 21.8. The van der Waals surface area contributed by atoms with Crippen molar-refractivity contribution in [1.29, 1.82) is 0 Å². The summed E-state index contributed by atoms with van der Waals surface area (Å²) in [6, 6.07) is 15.0. The van der Waals surface area contributed by atoms with Crippen LogP contribution in [0.4, 0.5) is 10.1 Å². The van der Waals surface area contributed by atoms with Gasteiger partial charge in [0.1, 0.15) is 17.2 Å². The lowest BCUT2D eigenvalue weighted by Crippen LogP contribution is -2.11. The SMILES string of the molecule is CCc1cc(Sc2ccc(NC(=O)c3cccc(F)c3)cc2)n2ncnc2n1. The van der Waals surface area contributed by atoms with E-state index >= 15 is 0 Å². The second-order valence-electron chi connectivity index (χ2n) is 6.00. The van der Waals surface area contributed by atoms with Gasteiger partial charge in [0.25, 0.3) is 11.7 Å². The number of nitrogens with one attached hydrogen (secondary N) is 1. The third-order valence-corrected chi connectivity index (χ3v) is 5.06. The lowest BCUT2D eigenvalue weighted by atomic mass is 10.2. The minimum absolute atomic E-state index is 0.274. The average Bonchev–Trinajstić information content (AvgIpc) is 3.18. The number of aromatic nitrogens is 4. The van der Waals surface area contributed by atoms with E-state index in [-0.39, 0.29) is 11.5 Å². The third kappa shape index (κ3) is 3.86. The molecule has 1 N–H and O–H groups in total. The minimum Gasteiger partial charge on any atom is -0.322 e. The molecule has 0 aliphatic heterocycles. The second kappa shape index (κ2) is 7.77. The van der Waals surface area contributed by atoms with Gasteiger partial charge in [-0.15, -0.1) is 0 Å². The van der Waals surface area contributed by atoms with E-state index in [9.17, 15) is 9.18 Å². The molecule has 2 heterocycles. The van der Waals surface area contributed by atoms with Gasteiger partial charge in [-0.25, -0.2) is 9.37 Å². The van der Waals surface area contributed by atoms with Crippen molar-refractivity contribution < 1.29 is 9.18 Å². The van der Waals surface area contributed by atoms with Crippen molar-refractivity contribution in [2.24, 2.45) is 0 Å². The quantitative estimate of drug-likeness (QED) is 0.514. The zero-order valence-corrected chi connectivity index (χ0v) is 15.8. The molecule has 0 aliphatic rings. The molecule has 0 atom stereocenters. The summed E-state index contributed by atoms with van der Waals surface area (Å²) in [5, 5.41) is 7.90. The summed E-state index contributed by atoms with van der Waals surface area (Å²) in [6.07, 6.45) is 2.29. The predicted octanol–water partition coefficient (Wildman–Crippen LogP) is 4.23. The molecule has 1 amide bonds. The largest absolute Gasteiger partial charge is 0.322 e. The molecule has 0 saturated heterocycles. The number of benzene rings is 2. The molecule has 0 aliphatic carbocycles. The van der Waals surface area contributed by atoms with Crippen molar-refractivity contribution in [3.05, 3.63) is 78.0 Å². The van der Waals surface area contributed by atoms with Gasteiger partial charge >= 0.3 is 0 Å². The number of hydrogen-bond acceptors (Lipinski definition) is 5. The maximum atomic E-state index is 13.3. The fourth-order valence-electron chi connectivity index (χ4n) is 2.65. The Bertz CT molecular complexity index is 1140. The monoisotopic (exact) mass is 393 g/mol. The van der Waals surface area contributed by atoms with Crippen LogP contribution in [0.25, 0.3) is 5.78 Å². The predicted molar refractivity (Wildman–Crippen MR) is 105 cm³/mol. The van der Waals surface area contributed by atoms with E-state index in [0.29, 0.717) is 11.5 Å². The number of nitrogens with zero attached hydrogens (tertiary/aromatic N) is 4. The molecular formula is C20H16FN5OS. The summed E-state index contributed by atoms with van der Waals surface area (Å²) in [5.41, 5.74) is 1.85. The van der Waals surface area contributed by atoms with Gasteiger partial charge in [0.15, 0.2) is 0 Å². The Morgan fingerprint density at radius 1 is 1.18 bits per heavy atom. The minimum atomic E-state index is -0.442. The van der Waals surface area contributed by atoms with Crippen LogP contribution in [0.3, 0.4) is 0 Å². The molecule has 0 fully saturated rings. The Balaban J connectivity index is 1.51. The Morgan fingerprint density at radius 2 is 2.00 bits per heavy atom. The van der Waals surface area contributed by atoms with E-state index in [1.807, 2.05) is 25.1 Å². The van der Waals surface area contributed by atoms with E-state index in [0.717, 1.165) is 22.0 Å². The molecule has 0 unspecified atom stereocenters. The summed E-state index contributed by atoms with van der Waals surface area (Å²) >= 11 is 1.54. The van der Waals surface area contributed by atoms with Crippen molar-refractivity contribution in [3.63, 3.8) is 0 Å². The molecule has 28 heavy (non-hydrogen) atoms. The maximum absolute atomic E-state index is 13.3. The number of hydrogen-bond donors (Lipinski definition) is 1. The van der Waals surface area contributed by atoms with Crippen LogP contribution >= 0.6 is 11.8 Å². The molecule has 0 saturated carbocycles. The zero-order chi connectivity index (χ0) is 19.5. The van der Waals surface area contributed by atoms with Crippen molar-refractivity contribution in [3.8, 4) is 0 Å². The van der Waals surface area contributed by atoms with Gasteiger partial charge in [0, 0.05) is 21.8 Å². The number of carbonyl (C=O) groups excluding carboxylic acids is 1. The number of aryl methyl sites for hydroxylation is 1. The molecule has 0 bridgehead atoms. The molecule has 8 heteroatoms. The topological polar surface area (TPSA) is 72.2 Å². The average molecular weight is 393 g/mol. The summed E-state index contributed by atoms with van der Waals surface area (Å²) in [5.74, 6) is -0.227. The van der Waals surface area contributed by atoms with Crippen LogP contribution in [0.2, 0.25) is 0 Å². The fourth-order valence-corrected chi connectivity index (χ4v) is 3.57. The van der Waals surface area contributed by atoms with E-state index in [4.69, 9.17) is 0 Å². The van der Waals surface area contributed by atoms with Gasteiger partial charge < -0.3 is 5.32 Å². The van der Waals surface area contributed by atoms with Crippen molar-refractivity contribution in [2.45, 2.75) is 23.3 Å². The highest BCUT2D eigenvalue weighted by Crippen LogP contribution is 2.29. The van der Waals surface area contributed by atoms with Crippen LogP contribution in [-0.2, 0) is 6.42 Å². The molecule has 0 radical (unpaired) electrons.